The third-order valence-electron chi connectivity index (χ3n) is 15.7. The summed E-state index contributed by atoms with van der Waals surface area (Å²) in [6, 6.07) is 9.10. The molecule has 0 amide bonds. The quantitative estimate of drug-likeness (QED) is 0.107. The number of carbonyl (C=O) groups excluding carboxylic acids is 1. The van der Waals surface area contributed by atoms with Gasteiger partial charge in [-0.3, -0.25) is 4.79 Å². The largest absolute Gasteiger partial charge is 0.394 e. The SMILES string of the molecule is O=Cc1ccccc1.OC[C@H]1O[C@@H]2O[C@H]3[C@H](O)[C@@H](O)[C@@H](O[C@H]4[C@H](O)[C@@H](O)[C@@H](O[C@H]5[C@H](O)[C@@H](O)[C@@H](O[C@H]6[C@H](O)[C@@H](O)[C@@H](O[C@H]7[C@H](O)[C@@H](O)[C@@H](O[C@H]8[C@H](O)[C@@H](O)[C@@H](O[C@H]1[C@H](O)[C@H]2O)O[C@@H]8CO)O[C@@H]7CO)O[C@@H]6CO)O[C@@H]5CO)O[C@@H]4CO)O[C@@H]3CO. The van der Waals surface area contributed by atoms with Crippen molar-refractivity contribution in [2.24, 2.45) is 0 Å². The zero-order valence-electron chi connectivity index (χ0n) is 44.6. The number of rotatable bonds is 8. The molecule has 21 heterocycles. The standard InChI is InChI=1S/C42H70O35.C7H6O/c43-1-8-29-15(50)22(57)36(64-8)72-30-9(2-44)66-38(24(59)17(30)52)74-32-11(4-46)68-40(26(61)19(32)54)76-34-13(6-48)70-42(28(63)21(34)56)77-35-14(7-49)69-41(27(62)20(35)55)75-33-12(5-47)67-39(25(60)18(33)53)73-31-10(3-45)65-37(71-29)23(58)16(31)51;8-6-7-4-2-1-3-5-7/h8-63H,1-7H2;1-6H/t8-,9-,10-,11-,12-,13-,14-,15-,16-,17-,18-,19-,20-,21-,22-,23-,24-,25-,26-,27-,28-,29-,30-,31-,32-,33-,34-,35-,36-,37-,38-,39-,40-,41-,42-;/m1./s1. The number of ether oxygens (including phenoxy) is 14. The first-order chi connectivity index (χ1) is 40.6. The smallest absolute Gasteiger partial charge is 0.187 e. The van der Waals surface area contributed by atoms with Gasteiger partial charge in [-0.25, -0.2) is 0 Å². The van der Waals surface area contributed by atoms with Crippen molar-refractivity contribution in [2.75, 3.05) is 46.2 Å². The highest BCUT2D eigenvalue weighted by molar-refractivity contribution is 5.74. The van der Waals surface area contributed by atoms with E-state index in [-0.39, 0.29) is 0 Å². The van der Waals surface area contributed by atoms with Crippen LogP contribution in [0.15, 0.2) is 30.3 Å². The number of benzene rings is 1. The molecule has 35 atom stereocenters. The molecule has 488 valence electrons. The molecule has 21 N–H and O–H groups in total. The van der Waals surface area contributed by atoms with Gasteiger partial charge in [0.05, 0.1) is 46.2 Å². The topological polar surface area (TPSA) is 571 Å². The molecule has 21 fully saturated rings. The van der Waals surface area contributed by atoms with Crippen LogP contribution in [0, 0.1) is 0 Å². The Bertz CT molecular complexity index is 1810. The first-order valence-corrected chi connectivity index (χ1v) is 27.1. The van der Waals surface area contributed by atoms with Crippen molar-refractivity contribution in [1.29, 1.82) is 0 Å². The molecule has 22 rings (SSSR count). The zero-order chi connectivity index (χ0) is 61.9. The van der Waals surface area contributed by atoms with E-state index in [9.17, 15) is 112 Å². The molecule has 85 heavy (non-hydrogen) atoms. The Morgan fingerprint density at radius 3 is 0.518 bits per heavy atom. The van der Waals surface area contributed by atoms with E-state index in [1.54, 1.807) is 12.1 Å². The summed E-state index contributed by atoms with van der Waals surface area (Å²) in [5.41, 5.74) is 0.729. The Labute approximate surface area is 481 Å². The van der Waals surface area contributed by atoms with Crippen molar-refractivity contribution in [1.82, 2.24) is 0 Å². The monoisotopic (exact) mass is 1240 g/mol. The fraction of sp³-hybridized carbons (Fsp3) is 0.857. The van der Waals surface area contributed by atoms with Gasteiger partial charge < -0.3 is 174 Å². The molecule has 21 aliphatic heterocycles. The normalized spacial score (nSPS) is 51.0. The maximum absolute atomic E-state index is 11.3. The van der Waals surface area contributed by atoms with E-state index in [1.807, 2.05) is 18.2 Å². The van der Waals surface area contributed by atoms with E-state index in [4.69, 9.17) is 66.3 Å². The Morgan fingerprint density at radius 2 is 0.400 bits per heavy atom. The fourth-order valence-corrected chi connectivity index (χ4v) is 10.9. The second-order valence-corrected chi connectivity index (χ2v) is 21.2. The Hall–Kier alpha value is -2.51. The second-order valence-electron chi connectivity index (χ2n) is 21.2. The first-order valence-electron chi connectivity index (χ1n) is 27.1. The predicted molar refractivity (Wildman–Crippen MR) is 260 cm³/mol. The Morgan fingerprint density at radius 1 is 0.247 bits per heavy atom. The van der Waals surface area contributed by atoms with Crippen LogP contribution in [0.3, 0.4) is 0 Å². The third kappa shape index (κ3) is 14.3. The van der Waals surface area contributed by atoms with Crippen LogP contribution < -0.4 is 0 Å². The molecular weight excluding hydrogens is 1160 g/mol. The van der Waals surface area contributed by atoms with E-state index in [0.29, 0.717) is 0 Å². The number of hydrogen-bond acceptors (Lipinski definition) is 36. The maximum atomic E-state index is 11.3. The van der Waals surface area contributed by atoms with E-state index < -0.39 is 261 Å². The zero-order valence-corrected chi connectivity index (χ0v) is 44.6. The molecule has 21 saturated heterocycles. The highest BCUT2D eigenvalue weighted by atomic mass is 16.8. The summed E-state index contributed by atoms with van der Waals surface area (Å²) in [5.74, 6) is 0. The average Bonchev–Trinajstić information content (AvgIpc) is 2.24. The first kappa shape index (κ1) is 68.4. The summed E-state index contributed by atoms with van der Waals surface area (Å²) in [4.78, 5) is 10.0. The van der Waals surface area contributed by atoms with Crippen molar-refractivity contribution >= 4 is 6.29 Å². The van der Waals surface area contributed by atoms with Crippen LogP contribution >= 0.6 is 0 Å². The lowest BCUT2D eigenvalue weighted by Crippen LogP contribution is -2.68. The molecule has 14 bridgehead atoms. The van der Waals surface area contributed by atoms with Crippen LogP contribution in [0.4, 0.5) is 0 Å². The molecule has 0 saturated carbocycles. The molecule has 21 aliphatic rings. The van der Waals surface area contributed by atoms with Gasteiger partial charge in [-0.15, -0.1) is 0 Å². The van der Waals surface area contributed by atoms with Crippen LogP contribution in [-0.4, -0.2) is 375 Å². The molecule has 1 aromatic carbocycles. The lowest BCUT2D eigenvalue weighted by Gasteiger charge is -2.50. The van der Waals surface area contributed by atoms with Gasteiger partial charge in [0.1, 0.15) is 177 Å². The van der Waals surface area contributed by atoms with Crippen molar-refractivity contribution in [2.45, 2.75) is 215 Å². The van der Waals surface area contributed by atoms with Crippen molar-refractivity contribution < 1.29 is 178 Å². The minimum absolute atomic E-state index is 0.729. The summed E-state index contributed by atoms with van der Waals surface area (Å²) in [7, 11) is 0. The summed E-state index contributed by atoms with van der Waals surface area (Å²) in [6.07, 6.45) is -69.4. The molecule has 1 aromatic rings. The lowest BCUT2D eigenvalue weighted by molar-refractivity contribution is -0.396. The Kier molecular flexibility index (Phi) is 24.2. The number of hydrogen-bond donors (Lipinski definition) is 21. The van der Waals surface area contributed by atoms with Crippen LogP contribution in [-0.2, 0) is 66.3 Å². The summed E-state index contributed by atoms with van der Waals surface area (Å²) in [6.45, 7) is -7.33. The van der Waals surface area contributed by atoms with E-state index in [0.717, 1.165) is 11.8 Å². The van der Waals surface area contributed by atoms with Gasteiger partial charge in [-0.1, -0.05) is 30.3 Å². The van der Waals surface area contributed by atoms with Crippen molar-refractivity contribution in [3.63, 3.8) is 0 Å². The van der Waals surface area contributed by atoms with Gasteiger partial charge in [0.25, 0.3) is 0 Å². The maximum Gasteiger partial charge on any atom is 0.187 e. The van der Waals surface area contributed by atoms with Crippen LogP contribution in [0.25, 0.3) is 0 Å². The van der Waals surface area contributed by atoms with E-state index in [2.05, 4.69) is 0 Å². The highest BCUT2D eigenvalue weighted by Crippen LogP contribution is 2.39. The number of aldehydes is 1. The van der Waals surface area contributed by atoms with Crippen molar-refractivity contribution in [3.05, 3.63) is 35.9 Å². The summed E-state index contributed by atoms with van der Waals surface area (Å²) >= 11 is 0. The minimum atomic E-state index is -2.21. The van der Waals surface area contributed by atoms with E-state index >= 15 is 0 Å². The molecule has 36 nitrogen and oxygen atoms in total. The van der Waals surface area contributed by atoms with Crippen LogP contribution in [0.1, 0.15) is 10.4 Å². The number of aliphatic hydroxyl groups excluding tert-OH is 21. The van der Waals surface area contributed by atoms with Gasteiger partial charge in [0.2, 0.25) is 0 Å². The lowest BCUT2D eigenvalue weighted by atomic mass is 9.95. The number of carbonyl (C=O) groups is 1. The van der Waals surface area contributed by atoms with E-state index in [1.165, 1.54) is 0 Å². The summed E-state index contributed by atoms with van der Waals surface area (Å²) in [5, 5.41) is 230. The van der Waals surface area contributed by atoms with Gasteiger partial charge in [0.15, 0.2) is 44.0 Å². The molecule has 0 spiro atoms. The van der Waals surface area contributed by atoms with Crippen LogP contribution in [0.2, 0.25) is 0 Å². The molecule has 0 aliphatic carbocycles. The molecule has 0 radical (unpaired) electrons. The van der Waals surface area contributed by atoms with Gasteiger partial charge in [-0.05, 0) is 0 Å². The highest BCUT2D eigenvalue weighted by Gasteiger charge is 2.59. The van der Waals surface area contributed by atoms with Gasteiger partial charge in [-0.2, -0.15) is 0 Å². The minimum Gasteiger partial charge on any atom is -0.394 e. The predicted octanol–water partition coefficient (Wildman–Crippen LogP) is -13.7. The second kappa shape index (κ2) is 30.1. The molecule has 36 heteroatoms. The van der Waals surface area contributed by atoms with Crippen molar-refractivity contribution in [3.8, 4) is 0 Å². The average molecular weight is 1240 g/mol. The molecular formula is C49H76O36. The molecule has 0 unspecified atom stereocenters. The number of aliphatic hydroxyl groups is 21. The van der Waals surface area contributed by atoms with Gasteiger partial charge in [0, 0.05) is 5.56 Å². The molecule has 0 aromatic heterocycles. The Balaban J connectivity index is 0.00000108. The third-order valence-corrected chi connectivity index (χ3v) is 15.7. The van der Waals surface area contributed by atoms with Gasteiger partial charge >= 0.3 is 0 Å². The van der Waals surface area contributed by atoms with Crippen LogP contribution in [0.5, 0.6) is 0 Å². The fourth-order valence-electron chi connectivity index (χ4n) is 10.9. The summed E-state index contributed by atoms with van der Waals surface area (Å²) < 4.78 is 79.5.